The zero-order valence-electron chi connectivity index (χ0n) is 11.0. The largest absolute Gasteiger partial charge is 0.469 e. The van der Waals surface area contributed by atoms with Gasteiger partial charge in [-0.15, -0.1) is 0 Å². The lowest BCUT2D eigenvalue weighted by atomic mass is 10.2. The van der Waals surface area contributed by atoms with Crippen LogP contribution in [0, 0.1) is 0 Å². The van der Waals surface area contributed by atoms with Gasteiger partial charge in [0.1, 0.15) is 0 Å². The molecule has 0 aromatic rings. The van der Waals surface area contributed by atoms with Crippen LogP contribution in [0.5, 0.6) is 0 Å². The van der Waals surface area contributed by atoms with Gasteiger partial charge >= 0.3 is 19.5 Å². The topological polar surface area (TPSA) is 88.1 Å². The summed E-state index contributed by atoms with van der Waals surface area (Å²) in [6, 6.07) is 0. The molecule has 0 aromatic carbocycles. The maximum absolute atomic E-state index is 12.1. The summed E-state index contributed by atoms with van der Waals surface area (Å²) in [6.07, 6.45) is -1.57. The molecule has 2 unspecified atom stereocenters. The van der Waals surface area contributed by atoms with Crippen molar-refractivity contribution in [2.75, 3.05) is 27.0 Å². The normalized spacial score (nSPS) is 15.6. The molecule has 0 bridgehead atoms. The zero-order valence-corrected chi connectivity index (χ0v) is 11.9. The fraction of sp³-hybridized carbons (Fsp3) is 0.800. The molecular weight excluding hydrogens is 263 g/mol. The van der Waals surface area contributed by atoms with Gasteiger partial charge in [-0.25, -0.2) is 4.79 Å². The van der Waals surface area contributed by atoms with Gasteiger partial charge < -0.3 is 14.0 Å². The quantitative estimate of drug-likeness (QED) is 0.490. The van der Waals surface area contributed by atoms with Crippen LogP contribution in [-0.2, 0) is 32.7 Å². The molecule has 0 amide bonds. The third-order valence-electron chi connectivity index (χ3n) is 2.04. The molecule has 0 aliphatic rings. The predicted octanol–water partition coefficient (Wildman–Crippen LogP) is 1.36. The van der Waals surface area contributed by atoms with Crippen LogP contribution in [0.2, 0.25) is 0 Å². The summed E-state index contributed by atoms with van der Waals surface area (Å²) in [5, 5.41) is 0. The fourth-order valence-electron chi connectivity index (χ4n) is 1.12. The first-order valence-electron chi connectivity index (χ1n) is 5.49. The number of methoxy groups -OCH3 is 2. The second-order valence-corrected chi connectivity index (χ2v) is 5.57. The monoisotopic (exact) mass is 282 g/mol. The average Bonchev–Trinajstić information content (AvgIpc) is 2.37. The molecule has 0 saturated heterocycles. The van der Waals surface area contributed by atoms with Crippen molar-refractivity contribution in [3.05, 3.63) is 0 Å². The molecule has 0 spiro atoms. The third-order valence-corrected chi connectivity index (χ3v) is 4.05. The second-order valence-electron chi connectivity index (χ2n) is 3.24. The maximum Gasteiger partial charge on any atom is 0.336 e. The number of ether oxygens (including phenoxy) is 2. The molecule has 8 heteroatoms. The first-order chi connectivity index (χ1) is 8.42. The van der Waals surface area contributed by atoms with E-state index in [0.717, 1.165) is 7.11 Å². The van der Waals surface area contributed by atoms with Gasteiger partial charge in [-0.05, 0) is 6.92 Å². The van der Waals surface area contributed by atoms with Gasteiger partial charge in [0.2, 0.25) is 0 Å². The molecule has 0 aromatic heterocycles. The minimum Gasteiger partial charge on any atom is -0.469 e. The molecule has 0 fully saturated rings. The van der Waals surface area contributed by atoms with Crippen LogP contribution < -0.4 is 0 Å². The van der Waals surface area contributed by atoms with Crippen molar-refractivity contribution < 1.29 is 32.7 Å². The molecule has 0 saturated carbocycles. The van der Waals surface area contributed by atoms with Crippen molar-refractivity contribution in [2.45, 2.75) is 26.4 Å². The lowest BCUT2D eigenvalue weighted by Crippen LogP contribution is -2.28. The first kappa shape index (κ1) is 17.1. The summed E-state index contributed by atoms with van der Waals surface area (Å²) in [6.45, 7) is 3.43. The van der Waals surface area contributed by atoms with Crippen LogP contribution in [0.15, 0.2) is 0 Å². The Hall–Kier alpha value is -0.910. The van der Waals surface area contributed by atoms with Crippen molar-refractivity contribution >= 4 is 19.5 Å². The van der Waals surface area contributed by atoms with Gasteiger partial charge in [-0.3, -0.25) is 13.9 Å². The van der Waals surface area contributed by atoms with E-state index in [4.69, 9.17) is 9.05 Å². The zero-order chi connectivity index (χ0) is 14.2. The Morgan fingerprint density at radius 2 is 1.78 bits per heavy atom. The van der Waals surface area contributed by atoms with E-state index < -0.39 is 25.6 Å². The molecule has 0 N–H and O–H groups in total. The van der Waals surface area contributed by atoms with Gasteiger partial charge in [0.25, 0.3) is 0 Å². The Balaban J connectivity index is 4.81. The van der Waals surface area contributed by atoms with Crippen LogP contribution in [0.1, 0.15) is 20.3 Å². The molecule has 7 nitrogen and oxygen atoms in total. The molecule has 0 radical (unpaired) electrons. The number of rotatable bonds is 8. The summed E-state index contributed by atoms with van der Waals surface area (Å²) in [4.78, 5) is 22.6. The van der Waals surface area contributed by atoms with Crippen LogP contribution in [0.4, 0.5) is 0 Å². The van der Waals surface area contributed by atoms with Gasteiger partial charge in [0, 0.05) is 6.16 Å². The second kappa shape index (κ2) is 8.24. The molecule has 0 heterocycles. The average molecular weight is 282 g/mol. The van der Waals surface area contributed by atoms with Gasteiger partial charge in [-0.2, -0.15) is 0 Å². The van der Waals surface area contributed by atoms with Gasteiger partial charge in [0.15, 0.2) is 6.10 Å². The summed E-state index contributed by atoms with van der Waals surface area (Å²) < 4.78 is 31.1. The molecule has 18 heavy (non-hydrogen) atoms. The van der Waals surface area contributed by atoms with E-state index in [1.165, 1.54) is 7.11 Å². The third kappa shape index (κ3) is 5.62. The van der Waals surface area contributed by atoms with Crippen molar-refractivity contribution in [3.8, 4) is 0 Å². The molecule has 106 valence electrons. The van der Waals surface area contributed by atoms with Gasteiger partial charge in [-0.1, -0.05) is 6.92 Å². The van der Waals surface area contributed by atoms with E-state index in [1.54, 1.807) is 13.8 Å². The standard InChI is InChI=1S/C10H19O7P/c1-5-16-18(13,6-2)17-8(10(12)15-4)7-9(11)14-3/h8H,5-7H2,1-4H3. The van der Waals surface area contributed by atoms with Crippen molar-refractivity contribution in [1.82, 2.24) is 0 Å². The Morgan fingerprint density at radius 1 is 1.17 bits per heavy atom. The summed E-state index contributed by atoms with van der Waals surface area (Å²) in [5.74, 6) is -1.46. The van der Waals surface area contributed by atoms with E-state index in [2.05, 4.69) is 9.47 Å². The Kier molecular flexibility index (Phi) is 7.82. The van der Waals surface area contributed by atoms with Crippen LogP contribution in [0.25, 0.3) is 0 Å². The van der Waals surface area contributed by atoms with Crippen LogP contribution >= 0.6 is 7.60 Å². The Morgan fingerprint density at radius 3 is 2.17 bits per heavy atom. The summed E-state index contributed by atoms with van der Waals surface area (Å²) in [5.41, 5.74) is 0. The predicted molar refractivity (Wildman–Crippen MR) is 63.3 cm³/mol. The Labute approximate surface area is 106 Å². The number of hydrogen-bond acceptors (Lipinski definition) is 7. The summed E-state index contributed by atoms with van der Waals surface area (Å²) >= 11 is 0. The smallest absolute Gasteiger partial charge is 0.336 e. The maximum atomic E-state index is 12.1. The summed E-state index contributed by atoms with van der Waals surface area (Å²) in [7, 11) is -1.07. The van der Waals surface area contributed by atoms with E-state index in [1.807, 2.05) is 0 Å². The SMILES string of the molecule is CCOP(=O)(CC)OC(CC(=O)OC)C(=O)OC. The highest BCUT2D eigenvalue weighted by molar-refractivity contribution is 7.53. The van der Waals surface area contributed by atoms with Crippen molar-refractivity contribution in [3.63, 3.8) is 0 Å². The molecule has 0 rings (SSSR count). The minimum atomic E-state index is -3.40. The number of carbonyl (C=O) groups is 2. The van der Waals surface area contributed by atoms with E-state index >= 15 is 0 Å². The molecule has 0 aliphatic heterocycles. The minimum absolute atomic E-state index is 0.0928. The van der Waals surface area contributed by atoms with Gasteiger partial charge in [0.05, 0.1) is 27.2 Å². The van der Waals surface area contributed by atoms with Crippen molar-refractivity contribution in [2.24, 2.45) is 0 Å². The highest BCUT2D eigenvalue weighted by Gasteiger charge is 2.33. The highest BCUT2D eigenvalue weighted by atomic mass is 31.2. The number of hydrogen-bond donors (Lipinski definition) is 0. The fourth-order valence-corrected chi connectivity index (χ4v) is 2.45. The lowest BCUT2D eigenvalue weighted by molar-refractivity contribution is -0.155. The number of esters is 2. The van der Waals surface area contributed by atoms with Crippen LogP contribution in [-0.4, -0.2) is 45.0 Å². The molecule has 0 aliphatic carbocycles. The Bertz CT molecular complexity index is 328. The lowest BCUT2D eigenvalue weighted by Gasteiger charge is -2.21. The molecular formula is C10H19O7P. The van der Waals surface area contributed by atoms with Crippen LogP contribution in [0.3, 0.4) is 0 Å². The van der Waals surface area contributed by atoms with E-state index in [9.17, 15) is 14.2 Å². The highest BCUT2D eigenvalue weighted by Crippen LogP contribution is 2.49. The first-order valence-corrected chi connectivity index (χ1v) is 7.21. The van der Waals surface area contributed by atoms with Crippen molar-refractivity contribution in [1.29, 1.82) is 0 Å². The number of carbonyl (C=O) groups excluding carboxylic acids is 2. The van der Waals surface area contributed by atoms with E-state index in [-0.39, 0.29) is 19.2 Å². The van der Waals surface area contributed by atoms with E-state index in [0.29, 0.717) is 0 Å². The molecule has 2 atom stereocenters.